The van der Waals surface area contributed by atoms with Crippen molar-refractivity contribution in [3.63, 3.8) is 0 Å². The van der Waals surface area contributed by atoms with E-state index in [0.717, 1.165) is 5.01 Å². The molecule has 2 fully saturated rings. The molecule has 3 aliphatic rings. The van der Waals surface area contributed by atoms with E-state index in [1.54, 1.807) is 24.3 Å². The minimum Gasteiger partial charge on any atom is -0.378 e. The molecule has 156 valence electrons. The van der Waals surface area contributed by atoms with Gasteiger partial charge in [-0.25, -0.2) is 0 Å². The van der Waals surface area contributed by atoms with Crippen molar-refractivity contribution in [2.45, 2.75) is 0 Å². The van der Waals surface area contributed by atoms with Crippen molar-refractivity contribution in [3.8, 4) is 0 Å². The summed E-state index contributed by atoms with van der Waals surface area (Å²) in [5, 5.41) is 0.951. The molecule has 0 bridgehead atoms. The quantitative estimate of drug-likeness (QED) is 0.699. The lowest BCUT2D eigenvalue weighted by Crippen LogP contribution is -2.41. The van der Waals surface area contributed by atoms with Crippen LogP contribution in [0.5, 0.6) is 0 Å². The maximum absolute atomic E-state index is 12.7. The Morgan fingerprint density at radius 1 is 0.733 bits per heavy atom. The number of hydrogen-bond acceptors (Lipinski definition) is 10. The van der Waals surface area contributed by atoms with Crippen molar-refractivity contribution in [3.05, 3.63) is 35.4 Å². The molecule has 0 aliphatic carbocycles. The van der Waals surface area contributed by atoms with Crippen LogP contribution in [0.3, 0.4) is 0 Å². The average Bonchev–Trinajstić information content (AvgIpc) is 3.05. The van der Waals surface area contributed by atoms with E-state index in [2.05, 4.69) is 20.4 Å². The third-order valence-electron chi connectivity index (χ3n) is 5.21. The molecular weight excluding hydrogens is 390 g/mol. The fourth-order valence-electron chi connectivity index (χ4n) is 3.60. The molecule has 1 aromatic heterocycles. The number of hydrazine groups is 1. The van der Waals surface area contributed by atoms with Gasteiger partial charge in [-0.05, 0) is 12.1 Å². The predicted octanol–water partition coefficient (Wildman–Crippen LogP) is 0.168. The molecule has 2 aromatic rings. The topological polar surface area (TPSA) is 113 Å². The number of morpholine rings is 2. The molecule has 0 radical (unpaired) electrons. The van der Waals surface area contributed by atoms with Crippen LogP contribution >= 0.6 is 0 Å². The number of fused-ring (bicyclic) bond motifs is 1. The van der Waals surface area contributed by atoms with Crippen LogP contribution in [-0.4, -0.2) is 84.4 Å². The van der Waals surface area contributed by atoms with Gasteiger partial charge in [0.25, 0.3) is 11.8 Å². The van der Waals surface area contributed by atoms with E-state index in [0.29, 0.717) is 75.6 Å². The number of hydrogen-bond donors (Lipinski definition) is 1. The summed E-state index contributed by atoms with van der Waals surface area (Å²) in [5.74, 6) is 0.235. The maximum Gasteiger partial charge on any atom is 0.280 e. The zero-order valence-electron chi connectivity index (χ0n) is 16.3. The highest BCUT2D eigenvalue weighted by molar-refractivity contribution is 6.21. The van der Waals surface area contributed by atoms with E-state index in [-0.39, 0.29) is 5.95 Å². The summed E-state index contributed by atoms with van der Waals surface area (Å²) in [6.45, 7) is 4.94. The zero-order valence-corrected chi connectivity index (χ0v) is 16.3. The number of carbonyl (C=O) groups excluding carboxylic acids is 2. The first-order valence-electron chi connectivity index (χ1n) is 9.86. The molecule has 0 atom stereocenters. The molecule has 4 heterocycles. The van der Waals surface area contributed by atoms with Crippen LogP contribution < -0.4 is 15.2 Å². The molecule has 2 amide bonds. The number of nitrogens with zero attached hydrogens (tertiary/aromatic N) is 6. The highest BCUT2D eigenvalue weighted by Gasteiger charge is 2.36. The lowest BCUT2D eigenvalue weighted by atomic mass is 10.1. The second-order valence-corrected chi connectivity index (χ2v) is 7.06. The van der Waals surface area contributed by atoms with Gasteiger partial charge in [0.1, 0.15) is 0 Å². The smallest absolute Gasteiger partial charge is 0.280 e. The van der Waals surface area contributed by atoms with E-state index < -0.39 is 11.8 Å². The Hall–Kier alpha value is -3.31. The van der Waals surface area contributed by atoms with E-state index in [9.17, 15) is 9.59 Å². The Morgan fingerprint density at radius 3 is 1.67 bits per heavy atom. The van der Waals surface area contributed by atoms with E-state index in [1.807, 2.05) is 9.80 Å². The number of ether oxygens (including phenoxy) is 2. The van der Waals surface area contributed by atoms with Crippen LogP contribution in [0.1, 0.15) is 20.7 Å². The van der Waals surface area contributed by atoms with Gasteiger partial charge in [-0.2, -0.15) is 20.0 Å². The third-order valence-corrected chi connectivity index (χ3v) is 5.21. The van der Waals surface area contributed by atoms with E-state index >= 15 is 0 Å². The fourth-order valence-corrected chi connectivity index (χ4v) is 3.60. The molecule has 11 heteroatoms. The predicted molar refractivity (Wildman–Crippen MR) is 106 cm³/mol. The number of amides is 2. The van der Waals surface area contributed by atoms with Crippen LogP contribution in [0.25, 0.3) is 0 Å². The number of rotatable bonds is 4. The molecule has 0 saturated carbocycles. The Morgan fingerprint density at radius 2 is 1.20 bits per heavy atom. The van der Waals surface area contributed by atoms with Gasteiger partial charge in [-0.1, -0.05) is 12.1 Å². The Bertz CT molecular complexity index is 902. The zero-order chi connectivity index (χ0) is 20.5. The molecule has 30 heavy (non-hydrogen) atoms. The maximum atomic E-state index is 12.7. The second-order valence-electron chi connectivity index (χ2n) is 7.06. The lowest BCUT2D eigenvalue weighted by molar-refractivity contribution is 0.0689. The molecule has 5 rings (SSSR count). The van der Waals surface area contributed by atoms with Crippen molar-refractivity contribution in [2.75, 3.05) is 67.8 Å². The van der Waals surface area contributed by atoms with Crippen LogP contribution in [0, 0.1) is 0 Å². The highest BCUT2D eigenvalue weighted by atomic mass is 16.5. The van der Waals surface area contributed by atoms with Crippen LogP contribution in [-0.2, 0) is 9.47 Å². The summed E-state index contributed by atoms with van der Waals surface area (Å²) < 4.78 is 10.8. The van der Waals surface area contributed by atoms with Gasteiger partial charge in [0.2, 0.25) is 17.8 Å². The van der Waals surface area contributed by atoms with Gasteiger partial charge in [0, 0.05) is 26.2 Å². The van der Waals surface area contributed by atoms with Crippen molar-refractivity contribution in [1.29, 1.82) is 0 Å². The molecule has 0 spiro atoms. The third kappa shape index (κ3) is 3.42. The highest BCUT2D eigenvalue weighted by Crippen LogP contribution is 2.24. The summed E-state index contributed by atoms with van der Waals surface area (Å²) in [4.78, 5) is 43.0. The number of imide groups is 1. The van der Waals surface area contributed by atoms with E-state index in [4.69, 9.17) is 9.47 Å². The lowest BCUT2D eigenvalue weighted by Gasteiger charge is -2.30. The first-order valence-corrected chi connectivity index (χ1v) is 9.86. The van der Waals surface area contributed by atoms with Gasteiger partial charge < -0.3 is 19.3 Å². The number of aromatic nitrogens is 3. The number of nitrogens with one attached hydrogen (secondary N) is 1. The van der Waals surface area contributed by atoms with Crippen LogP contribution in [0.4, 0.5) is 17.8 Å². The molecule has 11 nitrogen and oxygen atoms in total. The first kappa shape index (κ1) is 18.7. The number of anilines is 3. The standard InChI is InChI=1S/C19H21N7O4/c27-15-13-3-1-2-4-14(13)16(28)26(15)23-17-20-18(24-5-9-29-10-6-24)22-19(21-17)25-7-11-30-12-8-25/h1-4H,5-12H2,(H,20,21,22,23). The average molecular weight is 411 g/mol. The Kier molecular flexibility index (Phi) is 4.89. The Balaban J connectivity index is 1.46. The SMILES string of the molecule is O=C1c2ccccc2C(=O)N1Nc1nc(N2CCOCC2)nc(N2CCOCC2)n1. The molecule has 1 aromatic carbocycles. The van der Waals surface area contributed by atoms with Crippen LogP contribution in [0.2, 0.25) is 0 Å². The monoisotopic (exact) mass is 411 g/mol. The molecule has 3 aliphatic heterocycles. The van der Waals surface area contributed by atoms with E-state index in [1.165, 1.54) is 0 Å². The Labute approximate surface area is 172 Å². The van der Waals surface area contributed by atoms with Crippen LogP contribution in [0.15, 0.2) is 24.3 Å². The molecule has 2 saturated heterocycles. The molecule has 1 N–H and O–H groups in total. The summed E-state index contributed by atoms with van der Waals surface area (Å²) in [7, 11) is 0. The number of benzene rings is 1. The summed E-state index contributed by atoms with van der Waals surface area (Å²) in [6.07, 6.45) is 0. The fraction of sp³-hybridized carbons (Fsp3) is 0.421. The summed E-state index contributed by atoms with van der Waals surface area (Å²) in [5.41, 5.74) is 3.51. The van der Waals surface area contributed by atoms with Gasteiger partial charge in [-0.15, -0.1) is 0 Å². The van der Waals surface area contributed by atoms with Crippen molar-refractivity contribution < 1.29 is 19.1 Å². The minimum absolute atomic E-state index is 0.141. The normalized spacial score (nSPS) is 19.3. The summed E-state index contributed by atoms with van der Waals surface area (Å²) in [6, 6.07) is 6.71. The van der Waals surface area contributed by atoms with Crippen molar-refractivity contribution in [2.24, 2.45) is 0 Å². The largest absolute Gasteiger partial charge is 0.378 e. The van der Waals surface area contributed by atoms with Gasteiger partial charge >= 0.3 is 0 Å². The summed E-state index contributed by atoms with van der Waals surface area (Å²) >= 11 is 0. The first-order chi connectivity index (χ1) is 14.7. The molecular formula is C19H21N7O4. The van der Waals surface area contributed by atoms with Crippen molar-refractivity contribution >= 4 is 29.7 Å². The van der Waals surface area contributed by atoms with Gasteiger partial charge in [0.15, 0.2) is 0 Å². The van der Waals surface area contributed by atoms with Gasteiger partial charge in [-0.3, -0.25) is 15.0 Å². The number of carbonyl (C=O) groups is 2. The molecule has 0 unspecified atom stereocenters. The van der Waals surface area contributed by atoms with Crippen molar-refractivity contribution in [1.82, 2.24) is 20.0 Å². The minimum atomic E-state index is -0.433. The second kappa shape index (κ2) is 7.84. The van der Waals surface area contributed by atoms with Gasteiger partial charge in [0.05, 0.1) is 37.6 Å².